The monoisotopic (exact) mass is 376 g/mol. The van der Waals surface area contributed by atoms with Gasteiger partial charge in [0, 0.05) is 18.1 Å². The molecule has 2 heterocycles. The first-order valence-electron chi connectivity index (χ1n) is 8.39. The van der Waals surface area contributed by atoms with Crippen LogP contribution in [0.15, 0.2) is 18.5 Å². The molecule has 26 heavy (non-hydrogen) atoms. The number of benzene rings is 1. The molecule has 0 unspecified atom stereocenters. The fourth-order valence-corrected chi connectivity index (χ4v) is 3.23. The highest BCUT2D eigenvalue weighted by Crippen LogP contribution is 2.35. The standard InChI is InChI=1S/C18H21ClN4O3/c1-10-7-13(8-11(2)14(10)19)26-17-15(20)16(21-9-22-17)23-5-3-12(4-6-23)18(24)25/h7-9,12H,3-6,20H2,1-2H3,(H,24,25). The van der Waals surface area contributed by atoms with Gasteiger partial charge in [0.1, 0.15) is 17.8 Å². The maximum absolute atomic E-state index is 11.1. The van der Waals surface area contributed by atoms with E-state index in [1.165, 1.54) is 6.33 Å². The van der Waals surface area contributed by atoms with E-state index in [1.807, 2.05) is 30.9 Å². The Labute approximate surface area is 156 Å². The summed E-state index contributed by atoms with van der Waals surface area (Å²) < 4.78 is 5.86. The van der Waals surface area contributed by atoms with Gasteiger partial charge in [-0.3, -0.25) is 4.79 Å². The van der Waals surface area contributed by atoms with Crippen molar-refractivity contribution in [2.45, 2.75) is 26.7 Å². The van der Waals surface area contributed by atoms with Crippen LogP contribution in [-0.4, -0.2) is 34.1 Å². The number of carboxylic acids is 1. The normalized spacial score (nSPS) is 15.1. The maximum Gasteiger partial charge on any atom is 0.306 e. The van der Waals surface area contributed by atoms with E-state index in [-0.39, 0.29) is 11.8 Å². The molecule has 1 aromatic carbocycles. The predicted molar refractivity (Wildman–Crippen MR) is 100 cm³/mol. The average molecular weight is 377 g/mol. The maximum atomic E-state index is 11.1. The number of nitrogens with zero attached hydrogens (tertiary/aromatic N) is 3. The van der Waals surface area contributed by atoms with Crippen LogP contribution in [0.25, 0.3) is 0 Å². The number of ether oxygens (including phenoxy) is 1. The Hall–Kier alpha value is -2.54. The first-order valence-corrected chi connectivity index (χ1v) is 8.77. The van der Waals surface area contributed by atoms with Crippen molar-refractivity contribution in [2.24, 2.45) is 5.92 Å². The van der Waals surface area contributed by atoms with E-state index in [1.54, 1.807) is 0 Å². The largest absolute Gasteiger partial charge is 0.481 e. The number of carbonyl (C=O) groups is 1. The third kappa shape index (κ3) is 3.67. The Kier molecular flexibility index (Phi) is 5.18. The number of aliphatic carboxylic acids is 1. The van der Waals surface area contributed by atoms with Crippen molar-refractivity contribution in [3.8, 4) is 11.6 Å². The average Bonchev–Trinajstić information content (AvgIpc) is 2.61. The number of anilines is 2. The van der Waals surface area contributed by atoms with Crippen LogP contribution in [0.1, 0.15) is 24.0 Å². The van der Waals surface area contributed by atoms with Crippen molar-refractivity contribution in [3.05, 3.63) is 34.6 Å². The second-order valence-corrected chi connectivity index (χ2v) is 6.87. The van der Waals surface area contributed by atoms with Gasteiger partial charge in [0.05, 0.1) is 5.92 Å². The molecule has 3 N–H and O–H groups in total. The Morgan fingerprint density at radius 1 is 1.27 bits per heavy atom. The van der Waals surface area contributed by atoms with Crippen molar-refractivity contribution in [1.29, 1.82) is 0 Å². The zero-order chi connectivity index (χ0) is 18.8. The van der Waals surface area contributed by atoms with Gasteiger partial charge in [-0.25, -0.2) is 4.98 Å². The van der Waals surface area contributed by atoms with E-state index in [4.69, 9.17) is 27.2 Å². The molecule has 1 fully saturated rings. The molecule has 1 aromatic heterocycles. The molecule has 1 aliphatic heterocycles. The summed E-state index contributed by atoms with van der Waals surface area (Å²) in [6.45, 7) is 4.97. The number of rotatable bonds is 4. The molecule has 0 amide bonds. The fourth-order valence-electron chi connectivity index (χ4n) is 3.12. The molecule has 0 radical (unpaired) electrons. The Balaban J connectivity index is 1.81. The molecule has 1 saturated heterocycles. The fraction of sp³-hybridized carbons (Fsp3) is 0.389. The van der Waals surface area contributed by atoms with Crippen LogP contribution >= 0.6 is 11.6 Å². The number of hydrogen-bond acceptors (Lipinski definition) is 6. The minimum atomic E-state index is -0.752. The molecule has 0 atom stereocenters. The number of halogens is 1. The van der Waals surface area contributed by atoms with E-state index in [2.05, 4.69) is 9.97 Å². The summed E-state index contributed by atoms with van der Waals surface area (Å²) in [5.41, 5.74) is 8.38. The van der Waals surface area contributed by atoms with Crippen LogP contribution in [0.2, 0.25) is 5.02 Å². The van der Waals surface area contributed by atoms with E-state index in [0.29, 0.717) is 48.2 Å². The van der Waals surface area contributed by atoms with Gasteiger partial charge in [-0.1, -0.05) is 11.6 Å². The second-order valence-electron chi connectivity index (χ2n) is 6.49. The van der Waals surface area contributed by atoms with Crippen LogP contribution in [-0.2, 0) is 4.79 Å². The van der Waals surface area contributed by atoms with Gasteiger partial charge in [0.25, 0.3) is 0 Å². The summed E-state index contributed by atoms with van der Waals surface area (Å²) in [4.78, 5) is 21.5. The topological polar surface area (TPSA) is 102 Å². The summed E-state index contributed by atoms with van der Waals surface area (Å²) in [6.07, 6.45) is 2.52. The molecular formula is C18H21ClN4O3. The summed E-state index contributed by atoms with van der Waals surface area (Å²) in [5, 5.41) is 9.83. The van der Waals surface area contributed by atoms with Crippen LogP contribution in [0.3, 0.4) is 0 Å². The van der Waals surface area contributed by atoms with E-state index in [0.717, 1.165) is 11.1 Å². The SMILES string of the molecule is Cc1cc(Oc2ncnc(N3CCC(C(=O)O)CC3)c2N)cc(C)c1Cl. The predicted octanol–water partition coefficient (Wildman–Crippen LogP) is 3.42. The Morgan fingerprint density at radius 3 is 2.46 bits per heavy atom. The van der Waals surface area contributed by atoms with Gasteiger partial charge in [-0.05, 0) is 49.9 Å². The van der Waals surface area contributed by atoms with Crippen molar-refractivity contribution in [2.75, 3.05) is 23.7 Å². The van der Waals surface area contributed by atoms with Crippen LogP contribution < -0.4 is 15.4 Å². The molecule has 2 aromatic rings. The molecule has 3 rings (SSSR count). The molecular weight excluding hydrogens is 356 g/mol. The quantitative estimate of drug-likeness (QED) is 0.842. The number of hydrogen-bond donors (Lipinski definition) is 2. The number of nitrogen functional groups attached to an aromatic ring is 1. The molecule has 0 bridgehead atoms. The zero-order valence-electron chi connectivity index (χ0n) is 14.7. The van der Waals surface area contributed by atoms with E-state index < -0.39 is 5.97 Å². The molecule has 1 aliphatic rings. The van der Waals surface area contributed by atoms with Crippen molar-refractivity contribution in [3.63, 3.8) is 0 Å². The summed E-state index contributed by atoms with van der Waals surface area (Å²) >= 11 is 6.19. The molecule has 7 nitrogen and oxygen atoms in total. The zero-order valence-corrected chi connectivity index (χ0v) is 15.5. The van der Waals surface area contributed by atoms with Crippen molar-refractivity contribution >= 4 is 29.1 Å². The number of piperidine rings is 1. The lowest BCUT2D eigenvalue weighted by Gasteiger charge is -2.31. The van der Waals surface area contributed by atoms with Gasteiger partial charge in [-0.2, -0.15) is 4.98 Å². The number of aryl methyl sites for hydroxylation is 2. The molecule has 0 spiro atoms. The van der Waals surface area contributed by atoms with Crippen LogP contribution in [0.4, 0.5) is 11.5 Å². The summed E-state index contributed by atoms with van der Waals surface area (Å²) in [6, 6.07) is 3.66. The Morgan fingerprint density at radius 2 is 1.88 bits per heavy atom. The van der Waals surface area contributed by atoms with Gasteiger partial charge in [-0.15, -0.1) is 0 Å². The lowest BCUT2D eigenvalue weighted by molar-refractivity contribution is -0.142. The lowest BCUT2D eigenvalue weighted by Crippen LogP contribution is -2.37. The van der Waals surface area contributed by atoms with E-state index in [9.17, 15) is 4.79 Å². The number of nitrogens with two attached hydrogens (primary N) is 1. The Bertz CT molecular complexity index is 812. The minimum absolute atomic E-state index is 0.275. The first-order chi connectivity index (χ1) is 12.4. The van der Waals surface area contributed by atoms with Gasteiger partial charge in [0.15, 0.2) is 5.82 Å². The van der Waals surface area contributed by atoms with Crippen molar-refractivity contribution < 1.29 is 14.6 Å². The molecule has 0 saturated carbocycles. The number of carboxylic acid groups (broad SMARTS) is 1. The highest BCUT2D eigenvalue weighted by Gasteiger charge is 2.27. The summed E-state index contributed by atoms with van der Waals surface area (Å²) in [5.74, 6) is 0.380. The minimum Gasteiger partial charge on any atom is -0.481 e. The third-order valence-electron chi connectivity index (χ3n) is 4.59. The second kappa shape index (κ2) is 7.37. The highest BCUT2D eigenvalue weighted by atomic mass is 35.5. The molecule has 8 heteroatoms. The number of aromatic nitrogens is 2. The van der Waals surface area contributed by atoms with Gasteiger partial charge >= 0.3 is 5.97 Å². The van der Waals surface area contributed by atoms with Crippen LogP contribution in [0.5, 0.6) is 11.6 Å². The van der Waals surface area contributed by atoms with Gasteiger partial charge in [0.2, 0.25) is 5.88 Å². The first kappa shape index (κ1) is 18.3. The van der Waals surface area contributed by atoms with E-state index >= 15 is 0 Å². The smallest absolute Gasteiger partial charge is 0.306 e. The lowest BCUT2D eigenvalue weighted by atomic mass is 9.97. The van der Waals surface area contributed by atoms with Crippen LogP contribution in [0, 0.1) is 19.8 Å². The third-order valence-corrected chi connectivity index (χ3v) is 5.19. The molecule has 0 aliphatic carbocycles. The van der Waals surface area contributed by atoms with Gasteiger partial charge < -0.3 is 20.5 Å². The highest BCUT2D eigenvalue weighted by molar-refractivity contribution is 6.32. The summed E-state index contributed by atoms with van der Waals surface area (Å²) in [7, 11) is 0. The van der Waals surface area contributed by atoms with Crippen molar-refractivity contribution in [1.82, 2.24) is 9.97 Å². The molecule has 138 valence electrons.